The molecule has 0 fully saturated rings. The summed E-state index contributed by atoms with van der Waals surface area (Å²) in [5, 5.41) is 10.3. The Morgan fingerprint density at radius 1 is 1.06 bits per heavy atom. The summed E-state index contributed by atoms with van der Waals surface area (Å²) in [4.78, 5) is 12.9. The highest BCUT2D eigenvalue weighted by Crippen LogP contribution is 2.30. The number of hydrogen-bond acceptors (Lipinski definition) is 5. The molecule has 0 aromatic heterocycles. The van der Waals surface area contributed by atoms with Crippen LogP contribution in [-0.4, -0.2) is 25.5 Å². The minimum Gasteiger partial charge on any atom is -0.497 e. The van der Waals surface area contributed by atoms with Gasteiger partial charge < -0.3 is 25.3 Å². The molecule has 0 saturated carbocycles. The molecule has 0 heterocycles. The molecule has 34 heavy (non-hydrogen) atoms. The van der Waals surface area contributed by atoms with E-state index < -0.39 is 29.2 Å². The molecule has 3 aromatic carbocycles. The maximum atomic E-state index is 14.6. The van der Waals surface area contributed by atoms with Crippen molar-refractivity contribution >= 4 is 11.7 Å². The van der Waals surface area contributed by atoms with Gasteiger partial charge in [0, 0.05) is 36.4 Å². The number of carbonyl (C=O) groups excluding carboxylic acids is 1. The van der Waals surface area contributed by atoms with Crippen molar-refractivity contribution in [3.05, 3.63) is 89.0 Å². The molecule has 7 nitrogen and oxygen atoms in total. The van der Waals surface area contributed by atoms with E-state index in [1.54, 1.807) is 49.4 Å². The molecular formula is C25H25F2N3O4. The van der Waals surface area contributed by atoms with Crippen molar-refractivity contribution in [3.63, 3.8) is 0 Å². The van der Waals surface area contributed by atoms with Crippen molar-refractivity contribution in [2.45, 2.75) is 19.6 Å². The number of nitrogen functional groups attached to an aromatic ring is 1. The lowest BCUT2D eigenvalue weighted by molar-refractivity contribution is -0.133. The molecule has 4 N–H and O–H groups in total. The molecule has 3 rings (SSSR count). The standard InChI is InChI=1S/C25H25F2N3O4/c1-3-33-23(22-19(26)12-18(32-2)13-20(22)27)25(31)30-14-16-10-9-15(24(28)29)11-21(16)34-17-7-5-4-6-8-17/h4-13,23H,3,14H2,1-2H3,(H3,28,29)(H,30,31). The zero-order valence-electron chi connectivity index (χ0n) is 18.7. The Hall–Kier alpha value is -3.98. The van der Waals surface area contributed by atoms with Gasteiger partial charge in [0.1, 0.15) is 34.7 Å². The van der Waals surface area contributed by atoms with E-state index >= 15 is 0 Å². The Balaban J connectivity index is 1.85. The lowest BCUT2D eigenvalue weighted by atomic mass is 10.1. The number of carbonyl (C=O) groups is 1. The number of amides is 1. The molecule has 1 amide bonds. The van der Waals surface area contributed by atoms with Crippen LogP contribution in [0.25, 0.3) is 0 Å². The van der Waals surface area contributed by atoms with Gasteiger partial charge in [-0.05, 0) is 25.1 Å². The lowest BCUT2D eigenvalue weighted by Gasteiger charge is -2.20. The zero-order valence-corrected chi connectivity index (χ0v) is 18.7. The molecule has 3 aromatic rings. The molecule has 1 unspecified atom stereocenters. The molecule has 178 valence electrons. The Morgan fingerprint density at radius 3 is 2.32 bits per heavy atom. The monoisotopic (exact) mass is 469 g/mol. The average Bonchev–Trinajstić information content (AvgIpc) is 2.82. The van der Waals surface area contributed by atoms with E-state index in [0.717, 1.165) is 12.1 Å². The van der Waals surface area contributed by atoms with Crippen molar-refractivity contribution in [2.24, 2.45) is 5.73 Å². The van der Waals surface area contributed by atoms with Crippen LogP contribution in [-0.2, 0) is 16.1 Å². The number of ether oxygens (including phenoxy) is 3. The first-order valence-corrected chi connectivity index (χ1v) is 10.5. The average molecular weight is 469 g/mol. The van der Waals surface area contributed by atoms with Crippen LogP contribution in [0, 0.1) is 17.0 Å². The fourth-order valence-corrected chi connectivity index (χ4v) is 3.24. The summed E-state index contributed by atoms with van der Waals surface area (Å²) >= 11 is 0. The first-order chi connectivity index (χ1) is 16.3. The predicted octanol–water partition coefficient (Wildman–Crippen LogP) is 4.44. The Labute approximate surface area is 196 Å². The van der Waals surface area contributed by atoms with E-state index in [1.165, 1.54) is 7.11 Å². The number of methoxy groups -OCH3 is 1. The van der Waals surface area contributed by atoms with Crippen molar-refractivity contribution in [3.8, 4) is 17.2 Å². The third-order valence-electron chi connectivity index (χ3n) is 4.92. The van der Waals surface area contributed by atoms with Gasteiger partial charge in [0.05, 0.1) is 12.7 Å². The third kappa shape index (κ3) is 5.87. The maximum Gasteiger partial charge on any atom is 0.254 e. The molecular weight excluding hydrogens is 444 g/mol. The van der Waals surface area contributed by atoms with E-state index in [4.69, 9.17) is 25.4 Å². The molecule has 0 radical (unpaired) electrons. The smallest absolute Gasteiger partial charge is 0.254 e. The van der Waals surface area contributed by atoms with E-state index in [2.05, 4.69) is 5.32 Å². The number of para-hydroxylation sites is 1. The fraction of sp³-hybridized carbons (Fsp3) is 0.200. The minimum atomic E-state index is -1.51. The SMILES string of the molecule is CCOC(C(=O)NCc1ccc(C(=N)N)cc1Oc1ccccc1)c1c(F)cc(OC)cc1F. The van der Waals surface area contributed by atoms with Crippen molar-refractivity contribution in [2.75, 3.05) is 13.7 Å². The second-order valence-electron chi connectivity index (χ2n) is 7.21. The fourth-order valence-electron chi connectivity index (χ4n) is 3.24. The van der Waals surface area contributed by atoms with E-state index in [1.807, 2.05) is 6.07 Å². The van der Waals surface area contributed by atoms with Crippen LogP contribution in [0.15, 0.2) is 60.7 Å². The molecule has 0 bridgehead atoms. The maximum absolute atomic E-state index is 14.6. The Bertz CT molecular complexity index is 1150. The quantitative estimate of drug-likeness (QED) is 0.301. The van der Waals surface area contributed by atoms with Gasteiger partial charge in [-0.2, -0.15) is 0 Å². The highest BCUT2D eigenvalue weighted by Gasteiger charge is 2.28. The first kappa shape index (κ1) is 24.7. The Morgan fingerprint density at radius 2 is 1.74 bits per heavy atom. The number of rotatable bonds is 10. The summed E-state index contributed by atoms with van der Waals surface area (Å²) in [6.07, 6.45) is -1.51. The van der Waals surface area contributed by atoms with Crippen LogP contribution in [0.3, 0.4) is 0 Å². The summed E-state index contributed by atoms with van der Waals surface area (Å²) in [6, 6.07) is 15.8. The van der Waals surface area contributed by atoms with Crippen molar-refractivity contribution in [1.82, 2.24) is 5.32 Å². The number of nitrogens with two attached hydrogens (primary N) is 1. The number of nitrogens with one attached hydrogen (secondary N) is 2. The van der Waals surface area contributed by atoms with Gasteiger partial charge in [0.25, 0.3) is 5.91 Å². The topological polar surface area (TPSA) is 107 Å². The van der Waals surface area contributed by atoms with Gasteiger partial charge in [-0.1, -0.05) is 30.3 Å². The van der Waals surface area contributed by atoms with Crippen LogP contribution in [0.4, 0.5) is 8.78 Å². The molecule has 0 aliphatic carbocycles. The van der Waals surface area contributed by atoms with Crippen molar-refractivity contribution < 1.29 is 27.8 Å². The highest BCUT2D eigenvalue weighted by atomic mass is 19.1. The second kappa shape index (κ2) is 11.2. The second-order valence-corrected chi connectivity index (χ2v) is 7.21. The van der Waals surface area contributed by atoms with Crippen LogP contribution >= 0.6 is 0 Å². The number of hydrogen-bond donors (Lipinski definition) is 3. The summed E-state index contributed by atoms with van der Waals surface area (Å²) in [6.45, 7) is 1.65. The third-order valence-corrected chi connectivity index (χ3v) is 4.92. The normalized spacial score (nSPS) is 11.5. The molecule has 0 aliphatic rings. The molecule has 9 heteroatoms. The van der Waals surface area contributed by atoms with Gasteiger partial charge in [0.2, 0.25) is 0 Å². The first-order valence-electron chi connectivity index (χ1n) is 10.5. The summed E-state index contributed by atoms with van der Waals surface area (Å²) in [5.41, 5.74) is 6.09. The van der Waals surface area contributed by atoms with Crippen LogP contribution in [0.1, 0.15) is 29.7 Å². The lowest BCUT2D eigenvalue weighted by Crippen LogP contribution is -2.32. The minimum absolute atomic E-state index is 0.0114. The van der Waals surface area contributed by atoms with Gasteiger partial charge >= 0.3 is 0 Å². The molecule has 0 aliphatic heterocycles. The summed E-state index contributed by atoms with van der Waals surface area (Å²) < 4.78 is 45.3. The largest absolute Gasteiger partial charge is 0.497 e. The Kier molecular flexibility index (Phi) is 8.15. The van der Waals surface area contributed by atoms with E-state index in [-0.39, 0.29) is 24.7 Å². The van der Waals surface area contributed by atoms with Crippen LogP contribution in [0.5, 0.6) is 17.2 Å². The summed E-state index contributed by atoms with van der Waals surface area (Å²) in [5.74, 6) is -1.88. The zero-order chi connectivity index (χ0) is 24.7. The summed E-state index contributed by atoms with van der Waals surface area (Å²) in [7, 11) is 1.28. The van der Waals surface area contributed by atoms with Gasteiger partial charge in [0.15, 0.2) is 6.10 Å². The number of halogens is 2. The van der Waals surface area contributed by atoms with Crippen LogP contribution in [0.2, 0.25) is 0 Å². The number of amidine groups is 1. The van der Waals surface area contributed by atoms with E-state index in [0.29, 0.717) is 22.6 Å². The van der Waals surface area contributed by atoms with Crippen molar-refractivity contribution in [1.29, 1.82) is 5.41 Å². The molecule has 1 atom stereocenters. The van der Waals surface area contributed by atoms with Gasteiger partial charge in [-0.3, -0.25) is 10.2 Å². The van der Waals surface area contributed by atoms with E-state index in [9.17, 15) is 13.6 Å². The van der Waals surface area contributed by atoms with Gasteiger partial charge in [-0.25, -0.2) is 8.78 Å². The van der Waals surface area contributed by atoms with Gasteiger partial charge in [-0.15, -0.1) is 0 Å². The highest BCUT2D eigenvalue weighted by molar-refractivity contribution is 5.95. The van der Waals surface area contributed by atoms with Crippen LogP contribution < -0.4 is 20.5 Å². The number of benzene rings is 3. The molecule has 0 spiro atoms. The predicted molar refractivity (Wildman–Crippen MR) is 123 cm³/mol. The molecule has 0 saturated heterocycles.